The monoisotopic (exact) mass is 579 g/mol. The van der Waals surface area contributed by atoms with Gasteiger partial charge in [0.25, 0.3) is 0 Å². The summed E-state index contributed by atoms with van der Waals surface area (Å²) in [5.74, 6) is 0.589. The summed E-state index contributed by atoms with van der Waals surface area (Å²) in [4.78, 5) is 24.2. The number of ether oxygens (including phenoxy) is 3. The summed E-state index contributed by atoms with van der Waals surface area (Å²) in [5, 5.41) is 21.2. The number of aliphatic hydroxyl groups excluding tert-OH is 1. The lowest BCUT2D eigenvalue weighted by Gasteiger charge is -2.36. The number of rotatable bonds is 14. The van der Waals surface area contributed by atoms with Crippen LogP contribution < -0.4 is 10.1 Å². The van der Waals surface area contributed by atoms with E-state index in [0.717, 1.165) is 27.3 Å². The van der Waals surface area contributed by atoms with Crippen molar-refractivity contribution < 1.29 is 34.0 Å². The number of benzene rings is 3. The van der Waals surface area contributed by atoms with Gasteiger partial charge in [-0.3, -0.25) is 9.59 Å². The molecule has 3 aromatic carbocycles. The highest BCUT2D eigenvalue weighted by Gasteiger charge is 2.32. The Balaban J connectivity index is 1.45. The molecule has 1 aliphatic heterocycles. The van der Waals surface area contributed by atoms with Crippen LogP contribution in [0.4, 0.5) is 5.69 Å². The van der Waals surface area contributed by atoms with Gasteiger partial charge in [0.15, 0.2) is 6.29 Å². The van der Waals surface area contributed by atoms with Crippen LogP contribution in [0.15, 0.2) is 77.7 Å². The number of nitrogens with one attached hydrogen (secondary N) is 1. The van der Waals surface area contributed by atoms with Gasteiger partial charge in [0.1, 0.15) is 5.75 Å². The van der Waals surface area contributed by atoms with Gasteiger partial charge in [0.05, 0.1) is 25.9 Å². The Labute approximate surface area is 245 Å². The summed E-state index contributed by atoms with van der Waals surface area (Å²) in [6, 6.07) is 23.2. The van der Waals surface area contributed by atoms with Crippen LogP contribution in [0.25, 0.3) is 0 Å². The molecular formula is C32H37NO7S. The molecule has 0 radical (unpaired) electrons. The lowest BCUT2D eigenvalue weighted by molar-refractivity contribution is -0.245. The third kappa shape index (κ3) is 9.33. The van der Waals surface area contributed by atoms with E-state index in [9.17, 15) is 14.7 Å². The Hall–Kier alpha value is -3.37. The van der Waals surface area contributed by atoms with Gasteiger partial charge >= 0.3 is 5.97 Å². The van der Waals surface area contributed by atoms with Crippen molar-refractivity contribution in [2.24, 2.45) is 0 Å². The highest BCUT2D eigenvalue weighted by molar-refractivity contribution is 7.99. The number of anilines is 1. The van der Waals surface area contributed by atoms with Gasteiger partial charge in [-0.2, -0.15) is 0 Å². The number of hydrogen-bond donors (Lipinski definition) is 3. The van der Waals surface area contributed by atoms with E-state index in [2.05, 4.69) is 5.32 Å². The van der Waals surface area contributed by atoms with E-state index in [4.69, 9.17) is 19.3 Å². The molecule has 1 aliphatic rings. The fraction of sp³-hybridized carbons (Fsp3) is 0.375. The average molecular weight is 580 g/mol. The largest absolute Gasteiger partial charge is 0.496 e. The molecule has 1 amide bonds. The van der Waals surface area contributed by atoms with Crippen LogP contribution in [0.1, 0.15) is 67.6 Å². The molecule has 9 heteroatoms. The van der Waals surface area contributed by atoms with Gasteiger partial charge in [-0.25, -0.2) is 0 Å². The summed E-state index contributed by atoms with van der Waals surface area (Å²) in [6.45, 7) is -0.0173. The number of para-hydroxylation sites is 1. The molecule has 0 bridgehead atoms. The molecule has 0 aliphatic carbocycles. The number of methoxy groups -OCH3 is 1. The van der Waals surface area contributed by atoms with Gasteiger partial charge in [0, 0.05) is 41.2 Å². The fourth-order valence-corrected chi connectivity index (χ4v) is 5.72. The summed E-state index contributed by atoms with van der Waals surface area (Å²) in [5.41, 5.74) is 3.30. The van der Waals surface area contributed by atoms with Crippen LogP contribution in [-0.2, 0) is 25.7 Å². The molecule has 0 unspecified atom stereocenters. The van der Waals surface area contributed by atoms with Crippen molar-refractivity contribution in [2.45, 2.75) is 68.5 Å². The van der Waals surface area contributed by atoms with Gasteiger partial charge in [-0.05, 0) is 48.2 Å². The topological polar surface area (TPSA) is 114 Å². The molecule has 0 aromatic heterocycles. The number of carbonyl (C=O) groups is 2. The second-order valence-corrected chi connectivity index (χ2v) is 11.0. The van der Waals surface area contributed by atoms with E-state index >= 15 is 0 Å². The van der Waals surface area contributed by atoms with Crippen LogP contribution in [0.2, 0.25) is 0 Å². The van der Waals surface area contributed by atoms with E-state index in [1.54, 1.807) is 18.9 Å². The number of carbonyl (C=O) groups excluding carboxylic acids is 1. The first-order valence-electron chi connectivity index (χ1n) is 13.8. The smallest absolute Gasteiger partial charge is 0.303 e. The molecule has 3 aromatic rings. The van der Waals surface area contributed by atoms with Crippen molar-refractivity contribution in [3.63, 3.8) is 0 Å². The van der Waals surface area contributed by atoms with Crippen LogP contribution >= 0.6 is 11.8 Å². The van der Waals surface area contributed by atoms with Crippen molar-refractivity contribution >= 4 is 29.3 Å². The second kappa shape index (κ2) is 15.6. The van der Waals surface area contributed by atoms with Crippen molar-refractivity contribution in [1.82, 2.24) is 0 Å². The van der Waals surface area contributed by atoms with E-state index in [-0.39, 0.29) is 31.1 Å². The first kappa shape index (κ1) is 30.6. The van der Waals surface area contributed by atoms with Crippen LogP contribution in [0.3, 0.4) is 0 Å². The van der Waals surface area contributed by atoms with E-state index in [1.807, 2.05) is 72.8 Å². The molecule has 41 heavy (non-hydrogen) atoms. The molecule has 8 nitrogen and oxygen atoms in total. The minimum Gasteiger partial charge on any atom is -0.496 e. The predicted octanol–water partition coefficient (Wildman–Crippen LogP) is 6.50. The maximum absolute atomic E-state index is 12.5. The zero-order valence-electron chi connectivity index (χ0n) is 23.2. The molecule has 218 valence electrons. The lowest BCUT2D eigenvalue weighted by Crippen LogP contribution is -2.31. The number of aliphatic hydroxyl groups is 1. The normalized spacial score (nSPS) is 18.5. The number of aliphatic carboxylic acids is 1. The number of carboxylic acids is 1. The van der Waals surface area contributed by atoms with Crippen LogP contribution in [0.5, 0.6) is 5.75 Å². The Morgan fingerprint density at radius 3 is 2.49 bits per heavy atom. The first-order valence-corrected chi connectivity index (χ1v) is 14.8. The Bertz CT molecular complexity index is 1280. The molecule has 3 atom stereocenters. The summed E-state index contributed by atoms with van der Waals surface area (Å²) >= 11 is 1.67. The van der Waals surface area contributed by atoms with E-state index in [1.165, 1.54) is 0 Å². The highest BCUT2D eigenvalue weighted by Crippen LogP contribution is 2.40. The zero-order chi connectivity index (χ0) is 29.0. The molecule has 3 N–H and O–H groups in total. The number of amides is 1. The second-order valence-electron chi connectivity index (χ2n) is 9.94. The van der Waals surface area contributed by atoms with Crippen molar-refractivity contribution in [2.75, 3.05) is 18.2 Å². The Kier molecular flexibility index (Phi) is 11.6. The number of carboxylic acid groups (broad SMARTS) is 1. The third-order valence-corrected chi connectivity index (χ3v) is 8.03. The maximum Gasteiger partial charge on any atom is 0.303 e. The van der Waals surface area contributed by atoms with Crippen molar-refractivity contribution in [3.8, 4) is 5.75 Å². The van der Waals surface area contributed by atoms with Gasteiger partial charge in [0.2, 0.25) is 5.91 Å². The molecule has 1 saturated heterocycles. The number of hydrogen-bond acceptors (Lipinski definition) is 7. The van der Waals surface area contributed by atoms with Gasteiger partial charge < -0.3 is 29.7 Å². The third-order valence-electron chi connectivity index (χ3n) is 6.85. The fourth-order valence-electron chi connectivity index (χ4n) is 4.67. The van der Waals surface area contributed by atoms with Gasteiger partial charge in [-0.15, -0.1) is 11.8 Å². The standard InChI is InChI=1S/C32H37NO7S/c1-38-27-10-5-6-11-29(27)41-21-26-19-28(23-16-14-22(20-34)15-17-23)40-32(39-26)24-8-7-9-25(18-24)33-30(35)12-3-2-4-13-31(36)37/h5-11,14-18,26,28,32,34H,2-4,12-13,19-21H2,1H3,(H,33,35)(H,36,37)/t26-,28+,32+/m1/s1. The van der Waals surface area contributed by atoms with E-state index < -0.39 is 12.3 Å². The number of thioether (sulfide) groups is 1. The highest BCUT2D eigenvalue weighted by atomic mass is 32.2. The molecular weight excluding hydrogens is 542 g/mol. The predicted molar refractivity (Wildman–Crippen MR) is 158 cm³/mol. The Morgan fingerprint density at radius 1 is 0.951 bits per heavy atom. The van der Waals surface area contributed by atoms with Crippen molar-refractivity contribution in [3.05, 3.63) is 89.5 Å². The molecule has 1 fully saturated rings. The van der Waals surface area contributed by atoms with Gasteiger partial charge in [-0.1, -0.05) is 55.0 Å². The zero-order valence-corrected chi connectivity index (χ0v) is 24.0. The molecule has 4 rings (SSSR count). The average Bonchev–Trinajstić information content (AvgIpc) is 3.00. The SMILES string of the molecule is COc1ccccc1SC[C@H]1C[C@@H](c2ccc(CO)cc2)O[C@@H](c2cccc(NC(=O)CCCCCC(=O)O)c2)O1. The van der Waals surface area contributed by atoms with E-state index in [0.29, 0.717) is 43.5 Å². The molecule has 0 spiro atoms. The summed E-state index contributed by atoms with van der Waals surface area (Å²) in [6.07, 6.45) is 2.04. The summed E-state index contributed by atoms with van der Waals surface area (Å²) in [7, 11) is 1.66. The van der Waals surface area contributed by atoms with Crippen molar-refractivity contribution in [1.29, 1.82) is 0 Å². The minimum atomic E-state index is -0.816. The number of unbranched alkanes of at least 4 members (excludes halogenated alkanes) is 2. The Morgan fingerprint density at radius 2 is 1.73 bits per heavy atom. The molecule has 0 saturated carbocycles. The lowest BCUT2D eigenvalue weighted by atomic mass is 10.0. The maximum atomic E-state index is 12.5. The summed E-state index contributed by atoms with van der Waals surface area (Å²) < 4.78 is 18.4. The first-order chi connectivity index (χ1) is 19.9. The van der Waals surface area contributed by atoms with Crippen LogP contribution in [-0.4, -0.2) is 41.1 Å². The molecule has 1 heterocycles. The quantitative estimate of drug-likeness (QED) is 0.147. The minimum absolute atomic E-state index is 0.0173. The van der Waals surface area contributed by atoms with Crippen LogP contribution in [0, 0.1) is 0 Å².